The van der Waals surface area contributed by atoms with Crippen LogP contribution in [0.25, 0.3) is 33.2 Å². The molecule has 4 aliphatic rings. The zero-order valence-electron chi connectivity index (χ0n) is 22.3. The number of hydrogen-bond donors (Lipinski definition) is 2. The molecule has 10 heteroatoms. The molecule has 4 atom stereocenters. The molecule has 9 nitrogen and oxygen atoms in total. The number of anilines is 1. The van der Waals surface area contributed by atoms with Gasteiger partial charge in [0.25, 0.3) is 0 Å². The van der Waals surface area contributed by atoms with Crippen molar-refractivity contribution in [3.8, 4) is 23.1 Å². The Morgan fingerprint density at radius 3 is 2.77 bits per heavy atom. The van der Waals surface area contributed by atoms with Gasteiger partial charge in [-0.1, -0.05) is 24.3 Å². The molecule has 2 N–H and O–H groups in total. The van der Waals surface area contributed by atoms with Crippen molar-refractivity contribution >= 4 is 27.6 Å². The van der Waals surface area contributed by atoms with Crippen molar-refractivity contribution in [2.75, 3.05) is 37.7 Å². The molecule has 4 saturated heterocycles. The van der Waals surface area contributed by atoms with Crippen LogP contribution in [-0.2, 0) is 0 Å². The molecule has 0 unspecified atom stereocenters. The second kappa shape index (κ2) is 9.21. The molecule has 2 bridgehead atoms. The molecule has 4 fully saturated rings. The number of hydrogen-bond acceptors (Lipinski definition) is 9. The lowest BCUT2D eigenvalue weighted by atomic mass is 9.95. The minimum atomic E-state index is -0.819. The van der Waals surface area contributed by atoms with Gasteiger partial charge in [0.1, 0.15) is 24.3 Å². The molecule has 4 aliphatic heterocycles. The summed E-state index contributed by atoms with van der Waals surface area (Å²) < 4.78 is 20.7. The van der Waals surface area contributed by atoms with E-state index in [0.717, 1.165) is 72.9 Å². The number of aromatic hydroxyl groups is 1. The van der Waals surface area contributed by atoms with Crippen molar-refractivity contribution in [1.29, 1.82) is 0 Å². The molecule has 0 amide bonds. The number of piperazine rings is 1. The first kappa shape index (κ1) is 24.2. The number of nitrogens with one attached hydrogen (secondary N) is 1. The highest BCUT2D eigenvalue weighted by Crippen LogP contribution is 2.41. The third-order valence-electron chi connectivity index (χ3n) is 9.25. The number of phenolic OH excluding ortho intramolecular Hbond substituents is 1. The summed E-state index contributed by atoms with van der Waals surface area (Å²) in [7, 11) is 0. The van der Waals surface area contributed by atoms with Gasteiger partial charge in [-0.05, 0) is 55.1 Å². The smallest absolute Gasteiger partial charge is 0.320 e. The van der Waals surface area contributed by atoms with Gasteiger partial charge in [-0.2, -0.15) is 9.97 Å². The zero-order valence-corrected chi connectivity index (χ0v) is 22.3. The Morgan fingerprint density at radius 2 is 1.90 bits per heavy atom. The van der Waals surface area contributed by atoms with Crippen molar-refractivity contribution in [3.63, 3.8) is 0 Å². The summed E-state index contributed by atoms with van der Waals surface area (Å²) >= 11 is 0. The van der Waals surface area contributed by atoms with Gasteiger partial charge >= 0.3 is 6.01 Å². The quantitative estimate of drug-likeness (QED) is 0.390. The molecule has 206 valence electrons. The van der Waals surface area contributed by atoms with Crippen LogP contribution in [0.5, 0.6) is 11.8 Å². The zero-order chi connectivity index (χ0) is 26.8. The van der Waals surface area contributed by atoms with Gasteiger partial charge in [-0.3, -0.25) is 4.90 Å². The molecule has 0 radical (unpaired) electrons. The summed E-state index contributed by atoms with van der Waals surface area (Å²) in [6, 6.07) is 12.4. The van der Waals surface area contributed by atoms with Crippen LogP contribution in [0, 0.1) is 0 Å². The number of ether oxygens (including phenoxy) is 1. The Hall–Kier alpha value is -3.63. The van der Waals surface area contributed by atoms with Gasteiger partial charge in [0.05, 0.1) is 10.9 Å². The molecule has 2 aromatic heterocycles. The van der Waals surface area contributed by atoms with Crippen LogP contribution < -0.4 is 15.0 Å². The van der Waals surface area contributed by atoms with Crippen LogP contribution in [-0.4, -0.2) is 86.5 Å². The van der Waals surface area contributed by atoms with Crippen molar-refractivity contribution < 1.29 is 14.2 Å². The molecule has 2 aromatic carbocycles. The summed E-state index contributed by atoms with van der Waals surface area (Å²) in [6.07, 6.45) is 5.75. The van der Waals surface area contributed by atoms with Crippen molar-refractivity contribution in [2.24, 2.45) is 0 Å². The number of aromatic nitrogens is 4. The van der Waals surface area contributed by atoms with E-state index in [4.69, 9.17) is 24.7 Å². The Balaban J connectivity index is 1.21. The highest BCUT2D eigenvalue weighted by molar-refractivity contribution is 5.97. The molecular weight excluding hydrogens is 509 g/mol. The Labute approximate surface area is 231 Å². The average molecular weight is 542 g/mol. The Kier molecular flexibility index (Phi) is 5.57. The van der Waals surface area contributed by atoms with Crippen LogP contribution >= 0.6 is 0 Å². The number of benzene rings is 2. The van der Waals surface area contributed by atoms with Gasteiger partial charge in [0.15, 0.2) is 11.5 Å². The third-order valence-corrected chi connectivity index (χ3v) is 9.25. The van der Waals surface area contributed by atoms with Crippen LogP contribution in [0.15, 0.2) is 42.6 Å². The van der Waals surface area contributed by atoms with Crippen molar-refractivity contribution in [2.45, 2.75) is 55.9 Å². The van der Waals surface area contributed by atoms with Gasteiger partial charge in [0.2, 0.25) is 0 Å². The van der Waals surface area contributed by atoms with Gasteiger partial charge in [-0.25, -0.2) is 14.4 Å². The molecule has 0 spiro atoms. The van der Waals surface area contributed by atoms with E-state index in [1.807, 2.05) is 24.3 Å². The predicted octanol–water partition coefficient (Wildman–Crippen LogP) is 3.84. The molecule has 4 aromatic rings. The summed E-state index contributed by atoms with van der Waals surface area (Å²) in [5.41, 5.74) is 0.947. The standard InChI is InChI=1S/C30H32FN7O2/c31-19-12-30(8-3-9-38(30)14-19)17-40-29-35-27-25(28(36-29)37-15-20-6-7-21(16-37)33-20)13-32-26(34-27)24-11-22(39)10-18-4-1-2-5-23(18)24/h1-2,4-5,10-11,13,19-21,33,39H,3,6-9,12,14-17H2/t19-,20-,21+,30+/m1/s1. The molecule has 40 heavy (non-hydrogen) atoms. The van der Waals surface area contributed by atoms with Gasteiger partial charge in [-0.15, -0.1) is 0 Å². The van der Waals surface area contributed by atoms with E-state index in [1.165, 1.54) is 0 Å². The lowest BCUT2D eigenvalue weighted by Gasteiger charge is -2.34. The second-order valence-corrected chi connectivity index (χ2v) is 11.9. The maximum atomic E-state index is 14.4. The SMILES string of the molecule is Oc1cc(-c2ncc3c(N4C[C@H]5CC[C@@H](C4)N5)nc(OC[C@@]45CCCN4C[C@H](F)C5)nc3n2)c2ccccc2c1. The molecule has 0 aliphatic carbocycles. The van der Waals surface area contributed by atoms with E-state index in [1.54, 1.807) is 18.3 Å². The van der Waals surface area contributed by atoms with Crippen LogP contribution in [0.2, 0.25) is 0 Å². The predicted molar refractivity (Wildman–Crippen MR) is 150 cm³/mol. The number of phenols is 1. The van der Waals surface area contributed by atoms with E-state index in [0.29, 0.717) is 43.1 Å². The van der Waals surface area contributed by atoms with Crippen molar-refractivity contribution in [1.82, 2.24) is 30.2 Å². The normalized spacial score (nSPS) is 28.0. The minimum Gasteiger partial charge on any atom is -0.508 e. The Bertz CT molecular complexity index is 1610. The Morgan fingerprint density at radius 1 is 1.05 bits per heavy atom. The van der Waals surface area contributed by atoms with Crippen LogP contribution in [0.1, 0.15) is 32.1 Å². The maximum Gasteiger partial charge on any atom is 0.320 e. The first-order chi connectivity index (χ1) is 19.5. The fourth-order valence-electron chi connectivity index (χ4n) is 7.41. The maximum absolute atomic E-state index is 14.4. The van der Waals surface area contributed by atoms with Gasteiger partial charge < -0.3 is 20.1 Å². The molecular formula is C30H32FN7O2. The number of rotatable bonds is 5. The lowest BCUT2D eigenvalue weighted by Crippen LogP contribution is -2.51. The molecule has 8 rings (SSSR count). The number of alkyl halides is 1. The lowest BCUT2D eigenvalue weighted by molar-refractivity contribution is 0.107. The van der Waals surface area contributed by atoms with E-state index < -0.39 is 6.17 Å². The summed E-state index contributed by atoms with van der Waals surface area (Å²) in [5, 5.41) is 16.7. The van der Waals surface area contributed by atoms with Crippen LogP contribution in [0.3, 0.4) is 0 Å². The van der Waals surface area contributed by atoms with E-state index in [-0.39, 0.29) is 17.3 Å². The topological polar surface area (TPSA) is 99.5 Å². The van der Waals surface area contributed by atoms with E-state index in [9.17, 15) is 9.50 Å². The van der Waals surface area contributed by atoms with E-state index in [2.05, 4.69) is 15.1 Å². The fraction of sp³-hybridized carbons (Fsp3) is 0.467. The molecule has 0 saturated carbocycles. The molecule has 6 heterocycles. The summed E-state index contributed by atoms with van der Waals surface area (Å²) in [6.45, 7) is 3.45. The number of nitrogens with zero attached hydrogens (tertiary/aromatic N) is 6. The first-order valence-corrected chi connectivity index (χ1v) is 14.3. The monoisotopic (exact) mass is 541 g/mol. The van der Waals surface area contributed by atoms with E-state index >= 15 is 0 Å². The summed E-state index contributed by atoms with van der Waals surface area (Å²) in [5.74, 6) is 1.41. The number of fused-ring (bicyclic) bond motifs is 5. The van der Waals surface area contributed by atoms with Crippen molar-refractivity contribution in [3.05, 3.63) is 42.6 Å². The first-order valence-electron chi connectivity index (χ1n) is 14.3. The average Bonchev–Trinajstić information content (AvgIpc) is 3.60. The minimum absolute atomic E-state index is 0.157. The third kappa shape index (κ3) is 4.04. The largest absolute Gasteiger partial charge is 0.508 e. The summed E-state index contributed by atoms with van der Waals surface area (Å²) in [4.78, 5) is 23.8. The van der Waals surface area contributed by atoms with Gasteiger partial charge in [0, 0.05) is 49.9 Å². The fourth-order valence-corrected chi connectivity index (χ4v) is 7.41. The number of halogens is 1. The highest BCUT2D eigenvalue weighted by atomic mass is 19.1. The second-order valence-electron chi connectivity index (χ2n) is 11.9. The highest BCUT2D eigenvalue weighted by Gasteiger charge is 2.49. The van der Waals surface area contributed by atoms with Crippen LogP contribution in [0.4, 0.5) is 10.2 Å².